The van der Waals surface area contributed by atoms with Crippen LogP contribution in [0.15, 0.2) is 0 Å². The van der Waals surface area contributed by atoms with Crippen LogP contribution < -0.4 is 16.0 Å². The van der Waals surface area contributed by atoms with Gasteiger partial charge in [-0.2, -0.15) is 0 Å². The van der Waals surface area contributed by atoms with Gasteiger partial charge in [-0.3, -0.25) is 14.9 Å². The van der Waals surface area contributed by atoms with Crippen molar-refractivity contribution in [3.05, 3.63) is 0 Å². The molecule has 0 aliphatic rings. The number of aliphatic carboxylic acids is 1. The molecule has 0 aromatic heterocycles. The summed E-state index contributed by atoms with van der Waals surface area (Å²) < 4.78 is 0. The Bertz CT molecular complexity index is 298. The number of carbonyl (C=O) groups is 2. The topological polar surface area (TPSA) is 90.5 Å². The van der Waals surface area contributed by atoms with Gasteiger partial charge in [0.2, 0.25) is 5.91 Å². The fraction of sp³-hybridized carbons (Fsp3) is 0.846. The van der Waals surface area contributed by atoms with E-state index in [0.717, 1.165) is 0 Å². The van der Waals surface area contributed by atoms with Gasteiger partial charge in [0, 0.05) is 31.1 Å². The van der Waals surface area contributed by atoms with E-state index in [1.807, 2.05) is 34.6 Å². The monoisotopic (exact) mass is 273 g/mol. The molecule has 0 unspecified atom stereocenters. The van der Waals surface area contributed by atoms with E-state index in [1.54, 1.807) is 0 Å². The summed E-state index contributed by atoms with van der Waals surface area (Å²) >= 11 is 0. The van der Waals surface area contributed by atoms with Gasteiger partial charge in [0.1, 0.15) is 6.04 Å². The molecular weight excluding hydrogens is 246 g/mol. The number of amides is 1. The normalized spacial score (nSPS) is 13.4. The summed E-state index contributed by atoms with van der Waals surface area (Å²) in [7, 11) is 0. The highest BCUT2D eigenvalue weighted by Gasteiger charge is 2.23. The average molecular weight is 273 g/mol. The lowest BCUT2D eigenvalue weighted by Gasteiger charge is -2.26. The third-order valence-corrected chi connectivity index (χ3v) is 2.31. The van der Waals surface area contributed by atoms with Crippen molar-refractivity contribution in [1.82, 2.24) is 16.0 Å². The van der Waals surface area contributed by atoms with Crippen LogP contribution in [0.3, 0.4) is 0 Å². The van der Waals surface area contributed by atoms with Crippen molar-refractivity contribution in [1.29, 1.82) is 0 Å². The minimum absolute atomic E-state index is 0.0904. The van der Waals surface area contributed by atoms with Crippen LogP contribution in [0.2, 0.25) is 0 Å². The van der Waals surface area contributed by atoms with Gasteiger partial charge in [0.05, 0.1) is 0 Å². The van der Waals surface area contributed by atoms with Crippen molar-refractivity contribution in [2.45, 2.75) is 58.7 Å². The van der Waals surface area contributed by atoms with Gasteiger partial charge in [-0.25, -0.2) is 0 Å². The molecule has 0 spiro atoms. The van der Waals surface area contributed by atoms with Crippen molar-refractivity contribution < 1.29 is 14.7 Å². The lowest BCUT2D eigenvalue weighted by molar-refractivity contribution is -0.140. The van der Waals surface area contributed by atoms with Gasteiger partial charge in [0.15, 0.2) is 0 Å². The van der Waals surface area contributed by atoms with Gasteiger partial charge >= 0.3 is 5.97 Å². The maximum Gasteiger partial charge on any atom is 0.322 e. The van der Waals surface area contributed by atoms with Gasteiger partial charge in [-0.05, 0) is 20.8 Å². The minimum atomic E-state index is -0.962. The molecule has 0 aliphatic heterocycles. The lowest BCUT2D eigenvalue weighted by Crippen LogP contribution is -2.53. The summed E-state index contributed by atoms with van der Waals surface area (Å²) in [6.07, 6.45) is 0.347. The van der Waals surface area contributed by atoms with Crippen LogP contribution >= 0.6 is 0 Å². The number of nitrogens with one attached hydrogen (secondary N) is 3. The maximum atomic E-state index is 11.5. The number of carboxylic acid groups (broad SMARTS) is 1. The van der Waals surface area contributed by atoms with Gasteiger partial charge in [-0.1, -0.05) is 13.8 Å². The van der Waals surface area contributed by atoms with Crippen molar-refractivity contribution in [3.8, 4) is 0 Å². The fourth-order valence-corrected chi connectivity index (χ4v) is 1.50. The number of hydrogen-bond acceptors (Lipinski definition) is 4. The van der Waals surface area contributed by atoms with E-state index in [-0.39, 0.29) is 18.0 Å². The van der Waals surface area contributed by atoms with Gasteiger partial charge < -0.3 is 15.7 Å². The average Bonchev–Trinajstić information content (AvgIpc) is 2.21. The first-order valence-electron chi connectivity index (χ1n) is 6.62. The highest BCUT2D eigenvalue weighted by molar-refractivity contribution is 5.78. The second-order valence-electron chi connectivity index (χ2n) is 5.95. The molecule has 0 aromatic rings. The number of carbonyl (C=O) groups excluding carboxylic acids is 1. The largest absolute Gasteiger partial charge is 0.480 e. The SMILES string of the molecule is CC(C)NCCC(=O)NC[C@@H](NC(C)(C)C)C(=O)O. The molecule has 0 aromatic carbocycles. The lowest BCUT2D eigenvalue weighted by atomic mass is 10.1. The maximum absolute atomic E-state index is 11.5. The molecule has 19 heavy (non-hydrogen) atoms. The number of hydrogen-bond donors (Lipinski definition) is 4. The molecular formula is C13H27N3O3. The van der Waals surface area contributed by atoms with Crippen LogP contribution in [-0.2, 0) is 9.59 Å². The van der Waals surface area contributed by atoms with E-state index in [9.17, 15) is 9.59 Å². The Labute approximate surface area is 115 Å². The van der Waals surface area contributed by atoms with E-state index in [4.69, 9.17) is 5.11 Å². The molecule has 0 heterocycles. The third kappa shape index (κ3) is 10.5. The summed E-state index contributed by atoms with van der Waals surface area (Å²) in [5.41, 5.74) is -0.313. The summed E-state index contributed by atoms with van der Waals surface area (Å²) in [4.78, 5) is 22.6. The zero-order valence-electron chi connectivity index (χ0n) is 12.5. The molecule has 0 saturated heterocycles. The van der Waals surface area contributed by atoms with Crippen molar-refractivity contribution >= 4 is 11.9 Å². The molecule has 1 amide bonds. The summed E-state index contributed by atoms with van der Waals surface area (Å²) in [6.45, 7) is 10.4. The van der Waals surface area contributed by atoms with Crippen LogP contribution in [0.5, 0.6) is 0 Å². The first-order valence-corrected chi connectivity index (χ1v) is 6.62. The molecule has 0 bridgehead atoms. The molecule has 0 saturated carbocycles. The molecule has 0 rings (SSSR count). The van der Waals surface area contributed by atoms with Crippen LogP contribution in [-0.4, -0.2) is 47.7 Å². The third-order valence-electron chi connectivity index (χ3n) is 2.31. The summed E-state index contributed by atoms with van der Waals surface area (Å²) in [6, 6.07) is -0.441. The molecule has 0 fully saturated rings. The summed E-state index contributed by atoms with van der Waals surface area (Å²) in [5, 5.41) is 17.8. The molecule has 6 nitrogen and oxygen atoms in total. The zero-order chi connectivity index (χ0) is 15.1. The molecule has 0 aliphatic carbocycles. The predicted octanol–water partition coefficient (Wildman–Crippen LogP) is 0.332. The molecule has 4 N–H and O–H groups in total. The molecule has 6 heteroatoms. The first kappa shape index (κ1) is 17.9. The van der Waals surface area contributed by atoms with Crippen LogP contribution in [0.1, 0.15) is 41.0 Å². The second kappa shape index (κ2) is 8.12. The Balaban J connectivity index is 4.05. The Morgan fingerprint density at radius 1 is 1.21 bits per heavy atom. The van der Waals surface area contributed by atoms with Gasteiger partial charge in [0.25, 0.3) is 0 Å². The number of carboxylic acids is 1. The Kier molecular flexibility index (Phi) is 7.63. The Morgan fingerprint density at radius 3 is 2.21 bits per heavy atom. The van der Waals surface area contributed by atoms with Crippen molar-refractivity contribution in [2.24, 2.45) is 0 Å². The van der Waals surface area contributed by atoms with Crippen LogP contribution in [0.25, 0.3) is 0 Å². The fourth-order valence-electron chi connectivity index (χ4n) is 1.50. The standard InChI is InChI=1S/C13H27N3O3/c1-9(2)14-7-6-11(17)15-8-10(12(18)19)16-13(3,4)5/h9-10,14,16H,6-8H2,1-5H3,(H,15,17)(H,18,19)/t10-/m1/s1. The van der Waals surface area contributed by atoms with Crippen molar-refractivity contribution in [3.63, 3.8) is 0 Å². The minimum Gasteiger partial charge on any atom is -0.480 e. The smallest absolute Gasteiger partial charge is 0.322 e. The van der Waals surface area contributed by atoms with E-state index in [0.29, 0.717) is 19.0 Å². The quantitative estimate of drug-likeness (QED) is 0.512. The van der Waals surface area contributed by atoms with E-state index < -0.39 is 12.0 Å². The van der Waals surface area contributed by atoms with Gasteiger partial charge in [-0.15, -0.1) is 0 Å². The Hall–Kier alpha value is -1.14. The second-order valence-corrected chi connectivity index (χ2v) is 5.95. The highest BCUT2D eigenvalue weighted by atomic mass is 16.4. The highest BCUT2D eigenvalue weighted by Crippen LogP contribution is 2.01. The van der Waals surface area contributed by atoms with E-state index in [1.165, 1.54) is 0 Å². The zero-order valence-corrected chi connectivity index (χ0v) is 12.5. The van der Waals surface area contributed by atoms with Crippen molar-refractivity contribution in [2.75, 3.05) is 13.1 Å². The first-order chi connectivity index (χ1) is 8.61. The predicted molar refractivity (Wildman–Crippen MR) is 75.1 cm³/mol. The molecule has 112 valence electrons. The van der Waals surface area contributed by atoms with E-state index >= 15 is 0 Å². The van der Waals surface area contributed by atoms with E-state index in [2.05, 4.69) is 16.0 Å². The number of rotatable bonds is 8. The van der Waals surface area contributed by atoms with Crippen LogP contribution in [0, 0.1) is 0 Å². The summed E-state index contributed by atoms with van der Waals surface area (Å²) in [5.74, 6) is -1.11. The Morgan fingerprint density at radius 2 is 1.79 bits per heavy atom. The molecule has 1 atom stereocenters. The molecule has 0 radical (unpaired) electrons. The van der Waals surface area contributed by atoms with Crippen LogP contribution in [0.4, 0.5) is 0 Å².